The molecular formula is C32H32N4O. The second-order valence-electron chi connectivity index (χ2n) is 10.8. The Hall–Kier alpha value is -4.12. The Kier molecular flexibility index (Phi) is 5.34. The molecule has 6 rings (SSSR count). The normalized spacial score (nSPS) is 20.1. The summed E-state index contributed by atoms with van der Waals surface area (Å²) in [6.07, 6.45) is 6.88. The largest absolute Gasteiger partial charge is 0.344 e. The van der Waals surface area contributed by atoms with Crippen molar-refractivity contribution in [3.05, 3.63) is 107 Å². The van der Waals surface area contributed by atoms with Gasteiger partial charge in [0, 0.05) is 41.4 Å². The van der Waals surface area contributed by atoms with E-state index < -0.39 is 5.66 Å². The molecule has 1 aromatic heterocycles. The molecule has 0 aliphatic carbocycles. The van der Waals surface area contributed by atoms with Crippen LogP contribution in [0.15, 0.2) is 85.1 Å². The summed E-state index contributed by atoms with van der Waals surface area (Å²) in [4.78, 5) is 15.2. The summed E-state index contributed by atoms with van der Waals surface area (Å²) in [6, 6.07) is 25.3. The second kappa shape index (κ2) is 8.48. The lowest BCUT2D eigenvalue weighted by atomic mass is 9.74. The first-order chi connectivity index (χ1) is 17.8. The number of amides is 1. The molecule has 5 heteroatoms. The molecular weight excluding hydrogens is 456 g/mol. The Morgan fingerprint density at radius 1 is 0.946 bits per heavy atom. The molecule has 1 fully saturated rings. The van der Waals surface area contributed by atoms with E-state index in [1.54, 1.807) is 0 Å². The zero-order valence-electron chi connectivity index (χ0n) is 21.8. The minimum Gasteiger partial charge on any atom is -0.344 e. The van der Waals surface area contributed by atoms with E-state index in [4.69, 9.17) is 5.10 Å². The van der Waals surface area contributed by atoms with Crippen LogP contribution in [-0.2, 0) is 10.2 Å². The summed E-state index contributed by atoms with van der Waals surface area (Å²) in [7, 11) is 0. The number of carbonyl (C=O) groups is 1. The molecule has 0 spiro atoms. The highest BCUT2D eigenvalue weighted by Crippen LogP contribution is 2.52. The maximum absolute atomic E-state index is 12.8. The molecule has 1 atom stereocenters. The van der Waals surface area contributed by atoms with Gasteiger partial charge in [-0.1, -0.05) is 85.6 Å². The van der Waals surface area contributed by atoms with E-state index in [0.29, 0.717) is 13.0 Å². The molecule has 37 heavy (non-hydrogen) atoms. The zero-order chi connectivity index (χ0) is 25.8. The maximum atomic E-state index is 12.8. The van der Waals surface area contributed by atoms with Gasteiger partial charge in [-0.15, -0.1) is 0 Å². The summed E-state index contributed by atoms with van der Waals surface area (Å²) in [5.41, 5.74) is 7.87. The highest BCUT2D eigenvalue weighted by atomic mass is 16.2. The van der Waals surface area contributed by atoms with Gasteiger partial charge in [-0.25, -0.2) is 4.68 Å². The van der Waals surface area contributed by atoms with Crippen LogP contribution in [0, 0.1) is 13.8 Å². The fourth-order valence-electron chi connectivity index (χ4n) is 5.84. The number of carbonyl (C=O) groups excluding carboxylic acids is 1. The number of benzene rings is 3. The smallest absolute Gasteiger partial charge is 0.223 e. The molecule has 2 aliphatic heterocycles. The van der Waals surface area contributed by atoms with Gasteiger partial charge in [0.1, 0.15) is 5.66 Å². The van der Waals surface area contributed by atoms with Crippen molar-refractivity contribution in [1.82, 2.24) is 15.1 Å². The van der Waals surface area contributed by atoms with Gasteiger partial charge in [0.15, 0.2) is 0 Å². The Morgan fingerprint density at radius 2 is 1.68 bits per heavy atom. The van der Waals surface area contributed by atoms with Gasteiger partial charge in [0.2, 0.25) is 5.91 Å². The molecule has 1 saturated heterocycles. The SMILES string of the molecule is Cc1ccc(-c2nn(-c3ccccc3)cc2C=CC23NC(=O)CCN2c2ccc(C)cc2C3(C)C)cc1. The molecule has 5 nitrogen and oxygen atoms in total. The molecule has 1 N–H and O–H groups in total. The van der Waals surface area contributed by atoms with Crippen molar-refractivity contribution in [2.45, 2.75) is 45.2 Å². The van der Waals surface area contributed by atoms with Gasteiger partial charge < -0.3 is 10.2 Å². The van der Waals surface area contributed by atoms with Gasteiger partial charge in [-0.3, -0.25) is 4.79 Å². The summed E-state index contributed by atoms with van der Waals surface area (Å²) >= 11 is 0. The number of fused-ring (bicyclic) bond motifs is 3. The Labute approximate surface area is 218 Å². The van der Waals surface area contributed by atoms with Gasteiger partial charge in [-0.05, 0) is 43.7 Å². The van der Waals surface area contributed by atoms with Crippen molar-refractivity contribution in [3.63, 3.8) is 0 Å². The summed E-state index contributed by atoms with van der Waals surface area (Å²) < 4.78 is 1.93. The van der Waals surface area contributed by atoms with Crippen LogP contribution < -0.4 is 10.2 Å². The third kappa shape index (κ3) is 3.69. The van der Waals surface area contributed by atoms with Crippen molar-refractivity contribution < 1.29 is 4.79 Å². The predicted octanol–water partition coefficient (Wildman–Crippen LogP) is 6.18. The second-order valence-corrected chi connectivity index (χ2v) is 10.8. The van der Waals surface area contributed by atoms with Crippen molar-refractivity contribution in [2.24, 2.45) is 0 Å². The first-order valence-electron chi connectivity index (χ1n) is 12.9. The molecule has 1 unspecified atom stereocenters. The van der Waals surface area contributed by atoms with Crippen LogP contribution in [0.25, 0.3) is 23.0 Å². The van der Waals surface area contributed by atoms with E-state index in [1.807, 2.05) is 22.9 Å². The monoisotopic (exact) mass is 488 g/mol. The summed E-state index contributed by atoms with van der Waals surface area (Å²) in [5.74, 6) is 0.0808. The van der Waals surface area contributed by atoms with Gasteiger partial charge in [0.05, 0.1) is 11.4 Å². The summed E-state index contributed by atoms with van der Waals surface area (Å²) in [5, 5.41) is 8.39. The third-order valence-electron chi connectivity index (χ3n) is 7.98. The van der Waals surface area contributed by atoms with Crippen LogP contribution in [0.5, 0.6) is 0 Å². The quantitative estimate of drug-likeness (QED) is 0.373. The van der Waals surface area contributed by atoms with Crippen LogP contribution in [0.4, 0.5) is 5.69 Å². The zero-order valence-corrected chi connectivity index (χ0v) is 21.8. The molecule has 0 bridgehead atoms. The number of nitrogens with zero attached hydrogens (tertiary/aromatic N) is 3. The fraction of sp³-hybridized carbons (Fsp3) is 0.250. The molecule has 0 saturated carbocycles. The first kappa shape index (κ1) is 23.3. The van der Waals surface area contributed by atoms with Gasteiger partial charge in [-0.2, -0.15) is 5.10 Å². The van der Waals surface area contributed by atoms with Crippen LogP contribution >= 0.6 is 0 Å². The lowest BCUT2D eigenvalue weighted by molar-refractivity contribution is -0.124. The number of hydrogen-bond donors (Lipinski definition) is 1. The molecule has 2 aliphatic rings. The van der Waals surface area contributed by atoms with Gasteiger partial charge >= 0.3 is 0 Å². The molecule has 3 aromatic carbocycles. The van der Waals surface area contributed by atoms with Crippen molar-refractivity contribution >= 4 is 17.7 Å². The van der Waals surface area contributed by atoms with Crippen LogP contribution in [0.2, 0.25) is 0 Å². The minimum absolute atomic E-state index is 0.0808. The number of rotatable bonds is 4. The molecule has 0 radical (unpaired) electrons. The number of aryl methyl sites for hydroxylation is 2. The topological polar surface area (TPSA) is 50.2 Å². The average Bonchev–Trinajstić information content (AvgIpc) is 3.39. The highest BCUT2D eigenvalue weighted by Gasteiger charge is 2.57. The Bertz CT molecular complexity index is 1510. The van der Waals surface area contributed by atoms with Crippen molar-refractivity contribution in [3.8, 4) is 16.9 Å². The number of hydrogen-bond acceptors (Lipinski definition) is 3. The summed E-state index contributed by atoms with van der Waals surface area (Å²) in [6.45, 7) is 9.36. The van der Waals surface area contributed by atoms with E-state index in [9.17, 15) is 4.79 Å². The number of aromatic nitrogens is 2. The highest BCUT2D eigenvalue weighted by molar-refractivity contribution is 5.85. The first-order valence-corrected chi connectivity index (χ1v) is 12.9. The van der Waals surface area contributed by atoms with Crippen molar-refractivity contribution in [1.29, 1.82) is 0 Å². The lowest BCUT2D eigenvalue weighted by Gasteiger charge is -2.49. The number of anilines is 1. The average molecular weight is 489 g/mol. The number of nitrogens with one attached hydrogen (secondary N) is 1. The minimum atomic E-state index is -0.669. The van der Waals surface area contributed by atoms with E-state index in [1.165, 1.54) is 22.4 Å². The Balaban J connectivity index is 1.50. The van der Waals surface area contributed by atoms with Gasteiger partial charge in [0.25, 0.3) is 0 Å². The Morgan fingerprint density at radius 3 is 2.43 bits per heavy atom. The lowest BCUT2D eigenvalue weighted by Crippen LogP contribution is -2.68. The van der Waals surface area contributed by atoms with Crippen molar-refractivity contribution in [2.75, 3.05) is 11.4 Å². The van der Waals surface area contributed by atoms with Crippen LogP contribution in [0.3, 0.4) is 0 Å². The molecule has 3 heterocycles. The molecule has 186 valence electrons. The third-order valence-corrected chi connectivity index (χ3v) is 7.98. The molecule has 4 aromatic rings. The van der Waals surface area contributed by atoms with E-state index in [-0.39, 0.29) is 11.3 Å². The molecule has 1 amide bonds. The predicted molar refractivity (Wildman–Crippen MR) is 150 cm³/mol. The van der Waals surface area contributed by atoms with E-state index in [0.717, 1.165) is 22.5 Å². The maximum Gasteiger partial charge on any atom is 0.223 e. The van der Waals surface area contributed by atoms with E-state index in [2.05, 4.69) is 111 Å². The van der Waals surface area contributed by atoms with Crippen LogP contribution in [-0.4, -0.2) is 27.9 Å². The standard InChI is InChI=1S/C32H32N4O/c1-22-10-13-24(14-11-22)30-25(21-36(34-30)26-8-6-5-7-9-26)16-18-32-31(3,4)27-20-23(2)12-15-28(27)35(32)19-17-29(37)33-32/h5-16,18,20-21H,17,19H2,1-4H3,(H,33,37). The van der Waals surface area contributed by atoms with E-state index >= 15 is 0 Å². The van der Waals surface area contributed by atoms with Crippen LogP contribution in [0.1, 0.15) is 42.5 Å². The number of para-hydroxylation sites is 1. The fourth-order valence-corrected chi connectivity index (χ4v) is 5.84.